The van der Waals surface area contributed by atoms with Crippen molar-refractivity contribution >= 4 is 23.2 Å². The molecular weight excluding hydrogens is 414 g/mol. The first kappa shape index (κ1) is 22.5. The molecule has 0 atom stereocenters. The summed E-state index contributed by atoms with van der Waals surface area (Å²) in [5, 5.41) is 23.0. The minimum absolute atomic E-state index is 0.168. The first-order valence-corrected chi connectivity index (χ1v) is 11.2. The first-order valence-electron chi connectivity index (χ1n) is 10.3. The zero-order valence-corrected chi connectivity index (χ0v) is 18.6. The standard InChI is InChI=1S/C21H27N7O2S/c1-15(2)12-22-20(30)21-26-25-18(31-21)10-6-7-11-28-14-17(24-27-28)19(29)23-13-16-8-4-3-5-9-16/h3-5,8-9,14-15H,6-7,10-13H2,1-2H3,(H,22,30)(H,23,29). The summed E-state index contributed by atoms with van der Waals surface area (Å²) in [5.41, 5.74) is 1.33. The summed E-state index contributed by atoms with van der Waals surface area (Å²) in [6.07, 6.45) is 4.12. The number of nitrogens with one attached hydrogen (secondary N) is 2. The van der Waals surface area contributed by atoms with E-state index in [1.54, 1.807) is 10.9 Å². The van der Waals surface area contributed by atoms with Crippen LogP contribution in [0.15, 0.2) is 36.5 Å². The highest BCUT2D eigenvalue weighted by Crippen LogP contribution is 2.13. The number of benzene rings is 1. The van der Waals surface area contributed by atoms with Gasteiger partial charge in [-0.05, 0) is 24.3 Å². The van der Waals surface area contributed by atoms with Gasteiger partial charge in [0.15, 0.2) is 5.69 Å². The zero-order chi connectivity index (χ0) is 22.1. The van der Waals surface area contributed by atoms with Crippen molar-refractivity contribution in [2.45, 2.75) is 46.2 Å². The topological polar surface area (TPSA) is 115 Å². The molecule has 0 aliphatic carbocycles. The van der Waals surface area contributed by atoms with Gasteiger partial charge < -0.3 is 10.6 Å². The van der Waals surface area contributed by atoms with Crippen LogP contribution in [-0.4, -0.2) is 43.6 Å². The molecule has 164 valence electrons. The molecule has 0 fully saturated rings. The van der Waals surface area contributed by atoms with Crippen LogP contribution in [0.5, 0.6) is 0 Å². The van der Waals surface area contributed by atoms with E-state index >= 15 is 0 Å². The van der Waals surface area contributed by atoms with E-state index in [0.29, 0.717) is 36.3 Å². The summed E-state index contributed by atoms with van der Waals surface area (Å²) in [4.78, 5) is 24.2. The number of aryl methyl sites for hydroxylation is 2. The lowest BCUT2D eigenvalue weighted by molar-refractivity contribution is 0.0939. The Kier molecular flexibility index (Phi) is 8.22. The molecule has 0 aliphatic rings. The number of hydrogen-bond donors (Lipinski definition) is 2. The molecule has 2 N–H and O–H groups in total. The third kappa shape index (κ3) is 7.25. The fraction of sp³-hybridized carbons (Fsp3) is 0.429. The average molecular weight is 442 g/mol. The monoisotopic (exact) mass is 441 g/mol. The van der Waals surface area contributed by atoms with Crippen molar-refractivity contribution in [2.24, 2.45) is 5.92 Å². The second-order valence-electron chi connectivity index (χ2n) is 7.60. The Morgan fingerprint density at radius 2 is 1.84 bits per heavy atom. The van der Waals surface area contributed by atoms with Gasteiger partial charge in [-0.15, -0.1) is 15.3 Å². The van der Waals surface area contributed by atoms with Crippen LogP contribution in [0.4, 0.5) is 0 Å². The quantitative estimate of drug-likeness (QED) is 0.442. The molecule has 2 heterocycles. The van der Waals surface area contributed by atoms with Crippen molar-refractivity contribution in [1.29, 1.82) is 0 Å². The number of amides is 2. The van der Waals surface area contributed by atoms with Crippen LogP contribution in [0.1, 0.15) is 57.6 Å². The van der Waals surface area contributed by atoms with Crippen LogP contribution in [0.3, 0.4) is 0 Å². The van der Waals surface area contributed by atoms with Gasteiger partial charge in [0.25, 0.3) is 11.8 Å². The van der Waals surface area contributed by atoms with Crippen molar-refractivity contribution in [2.75, 3.05) is 6.54 Å². The van der Waals surface area contributed by atoms with Crippen LogP contribution >= 0.6 is 11.3 Å². The number of aromatic nitrogens is 5. The lowest BCUT2D eigenvalue weighted by Gasteiger charge is -2.04. The van der Waals surface area contributed by atoms with Crippen molar-refractivity contribution in [3.63, 3.8) is 0 Å². The first-order chi connectivity index (χ1) is 15.0. The predicted octanol–water partition coefficient (Wildman–Crippen LogP) is 2.47. The fourth-order valence-electron chi connectivity index (χ4n) is 2.75. The molecule has 1 aromatic carbocycles. The highest BCUT2D eigenvalue weighted by Gasteiger charge is 2.13. The smallest absolute Gasteiger partial charge is 0.282 e. The Hall–Kier alpha value is -3.14. The third-order valence-electron chi connectivity index (χ3n) is 4.43. The van der Waals surface area contributed by atoms with Crippen molar-refractivity contribution < 1.29 is 9.59 Å². The van der Waals surface area contributed by atoms with E-state index in [2.05, 4.69) is 31.1 Å². The SMILES string of the molecule is CC(C)CNC(=O)c1nnc(CCCCn2cc(C(=O)NCc3ccccc3)nn2)s1. The zero-order valence-electron chi connectivity index (χ0n) is 17.7. The largest absolute Gasteiger partial charge is 0.350 e. The highest BCUT2D eigenvalue weighted by atomic mass is 32.1. The molecular formula is C21H27N7O2S. The highest BCUT2D eigenvalue weighted by molar-refractivity contribution is 7.13. The van der Waals surface area contributed by atoms with Crippen LogP contribution in [0.2, 0.25) is 0 Å². The molecule has 0 aliphatic heterocycles. The molecule has 0 spiro atoms. The van der Waals surface area contributed by atoms with Crippen LogP contribution in [-0.2, 0) is 19.5 Å². The van der Waals surface area contributed by atoms with E-state index in [4.69, 9.17) is 0 Å². The molecule has 9 nitrogen and oxygen atoms in total. The summed E-state index contributed by atoms with van der Waals surface area (Å²) >= 11 is 1.33. The summed E-state index contributed by atoms with van der Waals surface area (Å²) < 4.78 is 1.67. The number of hydrogen-bond acceptors (Lipinski definition) is 7. The van der Waals surface area contributed by atoms with Gasteiger partial charge in [-0.1, -0.05) is 60.7 Å². The Morgan fingerprint density at radius 1 is 1.03 bits per heavy atom. The molecule has 0 bridgehead atoms. The number of carbonyl (C=O) groups is 2. The number of nitrogens with zero attached hydrogens (tertiary/aromatic N) is 5. The van der Waals surface area contributed by atoms with Crippen LogP contribution < -0.4 is 10.6 Å². The normalized spacial score (nSPS) is 10.9. The second-order valence-corrected chi connectivity index (χ2v) is 8.66. The van der Waals surface area contributed by atoms with Gasteiger partial charge in [0.2, 0.25) is 5.01 Å². The van der Waals surface area contributed by atoms with Crippen LogP contribution in [0, 0.1) is 5.92 Å². The molecule has 10 heteroatoms. The predicted molar refractivity (Wildman–Crippen MR) is 118 cm³/mol. The maximum atomic E-state index is 12.2. The molecule has 31 heavy (non-hydrogen) atoms. The summed E-state index contributed by atoms with van der Waals surface area (Å²) in [6.45, 7) is 5.81. The number of rotatable bonds is 11. The average Bonchev–Trinajstić information content (AvgIpc) is 3.44. The van der Waals surface area contributed by atoms with Gasteiger partial charge in [-0.25, -0.2) is 0 Å². The Bertz CT molecular complexity index is 985. The molecule has 0 saturated carbocycles. The molecule has 2 amide bonds. The Labute approximate surface area is 185 Å². The molecule has 2 aromatic heterocycles. The fourth-order valence-corrected chi connectivity index (χ4v) is 3.55. The molecule has 3 aromatic rings. The van der Waals surface area contributed by atoms with E-state index in [9.17, 15) is 9.59 Å². The van der Waals surface area contributed by atoms with Gasteiger partial charge in [0.05, 0.1) is 6.20 Å². The number of carbonyl (C=O) groups excluding carboxylic acids is 2. The maximum Gasteiger partial charge on any atom is 0.282 e. The van der Waals surface area contributed by atoms with E-state index in [1.807, 2.05) is 44.2 Å². The van der Waals surface area contributed by atoms with E-state index in [0.717, 1.165) is 29.8 Å². The summed E-state index contributed by atoms with van der Waals surface area (Å²) in [5.74, 6) is -0.0195. The number of unbranched alkanes of at least 4 members (excludes halogenated alkanes) is 1. The van der Waals surface area contributed by atoms with Crippen molar-refractivity contribution in [3.8, 4) is 0 Å². The second kappa shape index (κ2) is 11.3. The molecule has 0 radical (unpaired) electrons. The van der Waals surface area contributed by atoms with Crippen molar-refractivity contribution in [1.82, 2.24) is 35.8 Å². The minimum atomic E-state index is -0.243. The van der Waals surface area contributed by atoms with Gasteiger partial charge in [0, 0.05) is 26.1 Å². The molecule has 0 saturated heterocycles. The van der Waals surface area contributed by atoms with Gasteiger partial charge in [-0.3, -0.25) is 14.3 Å². The van der Waals surface area contributed by atoms with Gasteiger partial charge in [0.1, 0.15) is 5.01 Å². The Balaban J connectivity index is 1.37. The lowest BCUT2D eigenvalue weighted by Crippen LogP contribution is -2.27. The van der Waals surface area contributed by atoms with E-state index in [1.165, 1.54) is 11.3 Å². The summed E-state index contributed by atoms with van der Waals surface area (Å²) in [7, 11) is 0. The van der Waals surface area contributed by atoms with Crippen LogP contribution in [0.25, 0.3) is 0 Å². The summed E-state index contributed by atoms with van der Waals surface area (Å²) in [6, 6.07) is 9.71. The molecule has 0 unspecified atom stereocenters. The maximum absolute atomic E-state index is 12.2. The minimum Gasteiger partial charge on any atom is -0.350 e. The van der Waals surface area contributed by atoms with Gasteiger partial charge in [-0.2, -0.15) is 0 Å². The van der Waals surface area contributed by atoms with E-state index < -0.39 is 0 Å². The Morgan fingerprint density at radius 3 is 2.61 bits per heavy atom. The lowest BCUT2D eigenvalue weighted by atomic mass is 10.2. The van der Waals surface area contributed by atoms with E-state index in [-0.39, 0.29) is 11.8 Å². The molecule has 3 rings (SSSR count). The van der Waals surface area contributed by atoms with Crippen molar-refractivity contribution in [3.05, 3.63) is 57.8 Å². The van der Waals surface area contributed by atoms with Gasteiger partial charge >= 0.3 is 0 Å². The third-order valence-corrected chi connectivity index (χ3v) is 5.41.